The molecule has 1 unspecified atom stereocenters. The molecule has 23 heavy (non-hydrogen) atoms. The van der Waals surface area contributed by atoms with Gasteiger partial charge in [0, 0.05) is 29.6 Å². The Labute approximate surface area is 138 Å². The van der Waals surface area contributed by atoms with Crippen LogP contribution in [0.2, 0.25) is 0 Å². The van der Waals surface area contributed by atoms with E-state index in [2.05, 4.69) is 11.9 Å². The first kappa shape index (κ1) is 14.6. The highest BCUT2D eigenvalue weighted by Crippen LogP contribution is 2.27. The van der Waals surface area contributed by atoms with Crippen molar-refractivity contribution in [2.45, 2.75) is 39.7 Å². The molecule has 4 rings (SSSR count). The van der Waals surface area contributed by atoms with E-state index in [1.165, 1.54) is 4.88 Å². The zero-order valence-corrected chi connectivity index (χ0v) is 14.2. The first-order chi connectivity index (χ1) is 11.1. The van der Waals surface area contributed by atoms with Gasteiger partial charge in [0.25, 0.3) is 5.56 Å². The van der Waals surface area contributed by atoms with Gasteiger partial charge < -0.3 is 0 Å². The van der Waals surface area contributed by atoms with Gasteiger partial charge >= 0.3 is 0 Å². The van der Waals surface area contributed by atoms with E-state index in [9.17, 15) is 4.79 Å². The summed E-state index contributed by atoms with van der Waals surface area (Å²) >= 11 is 1.66. The summed E-state index contributed by atoms with van der Waals surface area (Å²) in [4.78, 5) is 23.2. The molecule has 0 spiro atoms. The third-order valence-electron chi connectivity index (χ3n) is 4.61. The average molecular weight is 325 g/mol. The van der Waals surface area contributed by atoms with Crippen LogP contribution in [0.1, 0.15) is 30.5 Å². The van der Waals surface area contributed by atoms with Crippen molar-refractivity contribution in [3.05, 3.63) is 45.5 Å². The van der Waals surface area contributed by atoms with E-state index in [1.807, 2.05) is 35.9 Å². The van der Waals surface area contributed by atoms with Crippen molar-refractivity contribution < 1.29 is 0 Å². The van der Waals surface area contributed by atoms with Crippen molar-refractivity contribution in [1.82, 2.24) is 14.5 Å². The van der Waals surface area contributed by atoms with E-state index in [0.717, 1.165) is 47.7 Å². The zero-order valence-electron chi connectivity index (χ0n) is 13.4. The van der Waals surface area contributed by atoms with Crippen molar-refractivity contribution in [2.75, 3.05) is 0 Å². The molecular weight excluding hydrogens is 306 g/mol. The maximum absolute atomic E-state index is 12.8. The van der Waals surface area contributed by atoms with Crippen LogP contribution in [0.15, 0.2) is 29.2 Å². The molecule has 118 valence electrons. The number of benzene rings is 1. The summed E-state index contributed by atoms with van der Waals surface area (Å²) < 4.78 is 1.87. The van der Waals surface area contributed by atoms with Crippen molar-refractivity contribution in [1.29, 1.82) is 0 Å². The number of aryl methyl sites for hydroxylation is 2. The maximum atomic E-state index is 12.8. The number of thiazole rings is 1. The van der Waals surface area contributed by atoms with Gasteiger partial charge in [-0.3, -0.25) is 9.36 Å². The summed E-state index contributed by atoms with van der Waals surface area (Å²) in [6.45, 7) is 5.08. The van der Waals surface area contributed by atoms with Crippen LogP contribution < -0.4 is 5.56 Å². The van der Waals surface area contributed by atoms with E-state index in [4.69, 9.17) is 4.98 Å². The average Bonchev–Trinajstić information content (AvgIpc) is 2.89. The van der Waals surface area contributed by atoms with Crippen LogP contribution in [0.3, 0.4) is 0 Å². The predicted molar refractivity (Wildman–Crippen MR) is 94.0 cm³/mol. The molecule has 0 radical (unpaired) electrons. The van der Waals surface area contributed by atoms with Crippen LogP contribution in [0.5, 0.6) is 0 Å². The highest BCUT2D eigenvalue weighted by Gasteiger charge is 2.17. The third-order valence-corrected chi connectivity index (χ3v) is 5.57. The first-order valence-corrected chi connectivity index (χ1v) is 8.90. The third kappa shape index (κ3) is 2.59. The zero-order chi connectivity index (χ0) is 16.0. The Hall–Kier alpha value is -2.01. The standard InChI is InChI=1S/C18H19N3OS/c1-11-3-6-16-20-15-9-13(17-19-10-12(2)23-17)4-5-14(15)18(22)21(16)8-7-11/h4-5,9-11H,3,6-8H2,1-2H3. The molecule has 0 saturated heterocycles. The summed E-state index contributed by atoms with van der Waals surface area (Å²) in [5, 5.41) is 1.69. The molecule has 1 aliphatic rings. The molecule has 1 aliphatic heterocycles. The van der Waals surface area contributed by atoms with Crippen molar-refractivity contribution in [3.63, 3.8) is 0 Å². The second kappa shape index (κ2) is 5.57. The fraction of sp³-hybridized carbons (Fsp3) is 0.389. The number of fused-ring (bicyclic) bond motifs is 2. The number of hydrogen-bond donors (Lipinski definition) is 0. The molecule has 3 heterocycles. The molecule has 1 aromatic carbocycles. The van der Waals surface area contributed by atoms with Gasteiger partial charge in [0.05, 0.1) is 10.9 Å². The Morgan fingerprint density at radius 2 is 2.17 bits per heavy atom. The Kier molecular flexibility index (Phi) is 3.53. The van der Waals surface area contributed by atoms with Gasteiger partial charge in [0.15, 0.2) is 0 Å². The minimum atomic E-state index is 0.0981. The molecule has 4 nitrogen and oxygen atoms in total. The Balaban J connectivity index is 1.88. The van der Waals surface area contributed by atoms with E-state index >= 15 is 0 Å². The molecule has 3 aromatic rings. The van der Waals surface area contributed by atoms with Gasteiger partial charge in [-0.1, -0.05) is 13.0 Å². The first-order valence-electron chi connectivity index (χ1n) is 8.08. The molecule has 0 saturated carbocycles. The lowest BCUT2D eigenvalue weighted by atomic mass is 10.0. The lowest BCUT2D eigenvalue weighted by molar-refractivity contribution is 0.484. The number of nitrogens with zero attached hydrogens (tertiary/aromatic N) is 3. The van der Waals surface area contributed by atoms with E-state index in [1.54, 1.807) is 11.3 Å². The van der Waals surface area contributed by atoms with Gasteiger partial charge in [-0.05, 0) is 37.8 Å². The lowest BCUT2D eigenvalue weighted by Gasteiger charge is -2.10. The fourth-order valence-corrected chi connectivity index (χ4v) is 3.94. The molecule has 2 aromatic heterocycles. The SMILES string of the molecule is Cc1cnc(-c2ccc3c(=O)n4c(nc3c2)CCC(C)CC4)s1. The molecule has 0 fully saturated rings. The Morgan fingerprint density at radius 1 is 1.30 bits per heavy atom. The van der Waals surface area contributed by atoms with Crippen LogP contribution >= 0.6 is 11.3 Å². The molecule has 0 bridgehead atoms. The number of hydrogen-bond acceptors (Lipinski definition) is 4. The smallest absolute Gasteiger partial charge is 0.261 e. The quantitative estimate of drug-likeness (QED) is 0.684. The van der Waals surface area contributed by atoms with Crippen LogP contribution in [-0.2, 0) is 13.0 Å². The minimum Gasteiger partial charge on any atom is -0.296 e. The molecule has 5 heteroatoms. The Morgan fingerprint density at radius 3 is 2.96 bits per heavy atom. The van der Waals surface area contributed by atoms with Crippen LogP contribution in [0.4, 0.5) is 0 Å². The van der Waals surface area contributed by atoms with Gasteiger partial charge in [-0.2, -0.15) is 0 Å². The summed E-state index contributed by atoms with van der Waals surface area (Å²) in [6, 6.07) is 5.89. The van der Waals surface area contributed by atoms with E-state index < -0.39 is 0 Å². The van der Waals surface area contributed by atoms with Gasteiger partial charge in [-0.25, -0.2) is 9.97 Å². The van der Waals surface area contributed by atoms with Crippen molar-refractivity contribution in [3.8, 4) is 10.6 Å². The van der Waals surface area contributed by atoms with Crippen LogP contribution in [0, 0.1) is 12.8 Å². The number of rotatable bonds is 1. The monoisotopic (exact) mass is 325 g/mol. The second-order valence-electron chi connectivity index (χ2n) is 6.43. The van der Waals surface area contributed by atoms with Gasteiger partial charge in [-0.15, -0.1) is 11.3 Å². The predicted octanol–water partition coefficient (Wildman–Crippen LogP) is 3.80. The second-order valence-corrected chi connectivity index (χ2v) is 7.66. The van der Waals surface area contributed by atoms with Gasteiger partial charge in [0.1, 0.15) is 10.8 Å². The minimum absolute atomic E-state index is 0.0981. The largest absolute Gasteiger partial charge is 0.296 e. The highest BCUT2D eigenvalue weighted by molar-refractivity contribution is 7.14. The van der Waals surface area contributed by atoms with Crippen LogP contribution in [-0.4, -0.2) is 14.5 Å². The number of aromatic nitrogens is 3. The van der Waals surface area contributed by atoms with Crippen molar-refractivity contribution in [2.24, 2.45) is 5.92 Å². The highest BCUT2D eigenvalue weighted by atomic mass is 32.1. The normalized spacial score (nSPS) is 17.9. The van der Waals surface area contributed by atoms with Crippen molar-refractivity contribution >= 4 is 22.2 Å². The molecule has 0 N–H and O–H groups in total. The summed E-state index contributed by atoms with van der Waals surface area (Å²) in [7, 11) is 0. The molecule has 0 aliphatic carbocycles. The summed E-state index contributed by atoms with van der Waals surface area (Å²) in [5.74, 6) is 1.58. The van der Waals surface area contributed by atoms with E-state index in [-0.39, 0.29) is 5.56 Å². The fourth-order valence-electron chi connectivity index (χ4n) is 3.18. The summed E-state index contributed by atoms with van der Waals surface area (Å²) in [5.41, 5.74) is 1.93. The molecular formula is C18H19N3OS. The molecule has 0 amide bonds. The Bertz CT molecular complexity index is 941. The molecule has 1 atom stereocenters. The lowest BCUT2D eigenvalue weighted by Crippen LogP contribution is -2.24. The topological polar surface area (TPSA) is 47.8 Å². The summed E-state index contributed by atoms with van der Waals surface area (Å²) in [6.07, 6.45) is 4.91. The van der Waals surface area contributed by atoms with Crippen LogP contribution in [0.25, 0.3) is 21.5 Å². The maximum Gasteiger partial charge on any atom is 0.261 e. The van der Waals surface area contributed by atoms with E-state index in [0.29, 0.717) is 11.3 Å². The van der Waals surface area contributed by atoms with Gasteiger partial charge in [0.2, 0.25) is 0 Å².